The number of hydrogen-bond donors (Lipinski definition) is 1. The number of anilines is 1. The van der Waals surface area contributed by atoms with Crippen molar-refractivity contribution in [1.82, 2.24) is 9.97 Å². The second-order valence-electron chi connectivity index (χ2n) is 4.34. The lowest BCUT2D eigenvalue weighted by atomic mass is 10.2. The van der Waals surface area contributed by atoms with Gasteiger partial charge in [-0.15, -0.1) is 0 Å². The largest absolute Gasteiger partial charge is 0.366 e. The first kappa shape index (κ1) is 14.8. The predicted molar refractivity (Wildman–Crippen MR) is 77.4 cm³/mol. The van der Waals surface area contributed by atoms with Crippen LogP contribution in [0.25, 0.3) is 0 Å². The number of nitrogens with one attached hydrogen (secondary N) is 1. The zero-order chi connectivity index (χ0) is 14.5. The van der Waals surface area contributed by atoms with Gasteiger partial charge < -0.3 is 5.32 Å². The Balaban J connectivity index is 2.08. The third kappa shape index (κ3) is 3.96. The van der Waals surface area contributed by atoms with E-state index in [1.807, 2.05) is 0 Å². The Morgan fingerprint density at radius 1 is 1.15 bits per heavy atom. The van der Waals surface area contributed by atoms with Crippen molar-refractivity contribution in [2.24, 2.45) is 0 Å². The Morgan fingerprint density at radius 2 is 1.95 bits per heavy atom. The average Bonchev–Trinajstić information content (AvgIpc) is 2.40. The molecule has 0 fully saturated rings. The van der Waals surface area contributed by atoms with Gasteiger partial charge in [0.15, 0.2) is 11.6 Å². The first-order chi connectivity index (χ1) is 9.58. The lowest BCUT2D eigenvalue weighted by molar-refractivity contribution is 0.507. The van der Waals surface area contributed by atoms with Gasteiger partial charge >= 0.3 is 0 Å². The van der Waals surface area contributed by atoms with Gasteiger partial charge in [0.25, 0.3) is 0 Å². The molecule has 6 heteroatoms. The molecule has 1 heterocycles. The molecule has 0 unspecified atom stereocenters. The minimum absolute atomic E-state index is 0.367. The molecule has 2 aromatic rings. The molecule has 1 N–H and O–H groups in total. The van der Waals surface area contributed by atoms with Gasteiger partial charge in [-0.3, -0.25) is 0 Å². The van der Waals surface area contributed by atoms with E-state index in [2.05, 4.69) is 38.1 Å². The molecule has 2 rings (SSSR count). The standard InChI is InChI=1S/C14H14BrF2N3/c1-2-3-13-19-12(15)7-14(20-13)18-8-9-4-5-10(16)11(17)6-9/h4-7H,2-3,8H2,1H3,(H,18,19,20). The summed E-state index contributed by atoms with van der Waals surface area (Å²) < 4.78 is 26.6. The van der Waals surface area contributed by atoms with E-state index in [0.29, 0.717) is 22.5 Å². The van der Waals surface area contributed by atoms with E-state index < -0.39 is 11.6 Å². The van der Waals surface area contributed by atoms with Gasteiger partial charge in [0.2, 0.25) is 0 Å². The van der Waals surface area contributed by atoms with Gasteiger partial charge in [-0.2, -0.15) is 0 Å². The van der Waals surface area contributed by atoms with Crippen LogP contribution in [0.2, 0.25) is 0 Å². The highest BCUT2D eigenvalue weighted by Crippen LogP contribution is 2.15. The van der Waals surface area contributed by atoms with E-state index in [-0.39, 0.29) is 0 Å². The molecule has 0 bridgehead atoms. The summed E-state index contributed by atoms with van der Waals surface area (Å²) in [5, 5.41) is 3.08. The highest BCUT2D eigenvalue weighted by atomic mass is 79.9. The quantitative estimate of drug-likeness (QED) is 0.832. The summed E-state index contributed by atoms with van der Waals surface area (Å²) in [4.78, 5) is 8.62. The highest BCUT2D eigenvalue weighted by molar-refractivity contribution is 9.10. The van der Waals surface area contributed by atoms with Crippen LogP contribution in [0, 0.1) is 11.6 Å². The highest BCUT2D eigenvalue weighted by Gasteiger charge is 2.05. The number of aromatic nitrogens is 2. The van der Waals surface area contributed by atoms with Crippen molar-refractivity contribution in [3.63, 3.8) is 0 Å². The Bertz CT molecular complexity index is 605. The van der Waals surface area contributed by atoms with Crippen molar-refractivity contribution < 1.29 is 8.78 Å². The van der Waals surface area contributed by atoms with Crippen molar-refractivity contribution >= 4 is 21.7 Å². The Kier molecular flexibility index (Phi) is 5.00. The number of aryl methyl sites for hydroxylation is 1. The summed E-state index contributed by atoms with van der Waals surface area (Å²) in [6, 6.07) is 5.57. The molecule has 106 valence electrons. The third-order valence-corrected chi connectivity index (χ3v) is 3.08. The van der Waals surface area contributed by atoms with Crippen LogP contribution in [0.4, 0.5) is 14.6 Å². The summed E-state index contributed by atoms with van der Waals surface area (Å²) in [5.41, 5.74) is 0.649. The van der Waals surface area contributed by atoms with Crippen LogP contribution >= 0.6 is 15.9 Å². The van der Waals surface area contributed by atoms with E-state index in [9.17, 15) is 8.78 Å². The van der Waals surface area contributed by atoms with Gasteiger partial charge in [0, 0.05) is 19.0 Å². The van der Waals surface area contributed by atoms with Gasteiger partial charge in [0.1, 0.15) is 16.2 Å². The van der Waals surface area contributed by atoms with Crippen LogP contribution in [0.5, 0.6) is 0 Å². The molecule has 0 saturated heterocycles. The third-order valence-electron chi connectivity index (χ3n) is 2.67. The van der Waals surface area contributed by atoms with E-state index in [1.54, 1.807) is 6.07 Å². The maximum Gasteiger partial charge on any atom is 0.159 e. The van der Waals surface area contributed by atoms with Crippen molar-refractivity contribution in [2.75, 3.05) is 5.32 Å². The van der Waals surface area contributed by atoms with Gasteiger partial charge in [-0.1, -0.05) is 13.0 Å². The average molecular weight is 342 g/mol. The molecule has 0 saturated carbocycles. The number of benzene rings is 1. The Morgan fingerprint density at radius 3 is 2.65 bits per heavy atom. The molecule has 0 aliphatic heterocycles. The van der Waals surface area contributed by atoms with Crippen LogP contribution in [0.3, 0.4) is 0 Å². The lowest BCUT2D eigenvalue weighted by Crippen LogP contribution is -2.05. The molecule has 3 nitrogen and oxygen atoms in total. The summed E-state index contributed by atoms with van der Waals surface area (Å²) in [6.07, 6.45) is 1.75. The molecule has 0 spiro atoms. The van der Waals surface area contributed by atoms with Crippen LogP contribution in [0.1, 0.15) is 24.7 Å². The van der Waals surface area contributed by atoms with Gasteiger partial charge in [-0.05, 0) is 40.0 Å². The maximum atomic E-state index is 13.1. The molecule has 1 aromatic heterocycles. The zero-order valence-electron chi connectivity index (χ0n) is 11.0. The number of halogens is 3. The van der Waals surface area contributed by atoms with Crippen LogP contribution in [-0.4, -0.2) is 9.97 Å². The molecular formula is C14H14BrF2N3. The maximum absolute atomic E-state index is 13.1. The fourth-order valence-electron chi connectivity index (χ4n) is 1.73. The molecule has 1 aromatic carbocycles. The van der Waals surface area contributed by atoms with Crippen LogP contribution < -0.4 is 5.32 Å². The zero-order valence-corrected chi connectivity index (χ0v) is 12.5. The van der Waals surface area contributed by atoms with Crippen molar-refractivity contribution in [2.45, 2.75) is 26.3 Å². The summed E-state index contributed by atoms with van der Waals surface area (Å²) in [6.45, 7) is 2.42. The second kappa shape index (κ2) is 6.74. The molecule has 0 aliphatic carbocycles. The predicted octanol–water partition coefficient (Wildman–Crippen LogP) is 4.08. The first-order valence-corrected chi connectivity index (χ1v) is 7.09. The van der Waals surface area contributed by atoms with Gasteiger partial charge in [0.05, 0.1) is 0 Å². The number of hydrogen-bond acceptors (Lipinski definition) is 3. The second-order valence-corrected chi connectivity index (χ2v) is 5.16. The SMILES string of the molecule is CCCc1nc(Br)cc(NCc2ccc(F)c(F)c2)n1. The first-order valence-electron chi connectivity index (χ1n) is 6.29. The van der Waals surface area contributed by atoms with E-state index >= 15 is 0 Å². The van der Waals surface area contributed by atoms with E-state index in [4.69, 9.17) is 0 Å². The fourth-order valence-corrected chi connectivity index (χ4v) is 2.15. The van der Waals surface area contributed by atoms with Crippen LogP contribution in [0.15, 0.2) is 28.9 Å². The number of rotatable bonds is 5. The van der Waals surface area contributed by atoms with Crippen LogP contribution in [-0.2, 0) is 13.0 Å². The summed E-state index contributed by atoms with van der Waals surface area (Å²) in [5.74, 6) is -0.293. The van der Waals surface area contributed by atoms with Gasteiger partial charge in [-0.25, -0.2) is 18.7 Å². The smallest absolute Gasteiger partial charge is 0.159 e. The summed E-state index contributed by atoms with van der Waals surface area (Å²) >= 11 is 3.33. The van der Waals surface area contributed by atoms with E-state index in [0.717, 1.165) is 24.7 Å². The molecule has 0 amide bonds. The number of nitrogens with zero attached hydrogens (tertiary/aromatic N) is 2. The molecular weight excluding hydrogens is 328 g/mol. The minimum atomic E-state index is -0.847. The molecule has 20 heavy (non-hydrogen) atoms. The monoisotopic (exact) mass is 341 g/mol. The lowest BCUT2D eigenvalue weighted by Gasteiger charge is -2.08. The molecule has 0 aliphatic rings. The van der Waals surface area contributed by atoms with Crippen molar-refractivity contribution in [3.8, 4) is 0 Å². The fraction of sp³-hybridized carbons (Fsp3) is 0.286. The van der Waals surface area contributed by atoms with E-state index in [1.165, 1.54) is 12.1 Å². The molecule has 0 atom stereocenters. The van der Waals surface area contributed by atoms with Crippen molar-refractivity contribution in [3.05, 3.63) is 51.9 Å². The minimum Gasteiger partial charge on any atom is -0.366 e. The van der Waals surface area contributed by atoms with Crippen molar-refractivity contribution in [1.29, 1.82) is 0 Å². The molecule has 0 radical (unpaired) electrons. The summed E-state index contributed by atoms with van der Waals surface area (Å²) in [7, 11) is 0. The topological polar surface area (TPSA) is 37.8 Å². The normalized spacial score (nSPS) is 10.6. The Hall–Kier alpha value is -1.56. The Labute approximate surface area is 124 Å².